The molecule has 0 aliphatic rings. The summed E-state index contributed by atoms with van der Waals surface area (Å²) in [7, 11) is 1.19. The molecule has 0 N–H and O–H groups in total. The van der Waals surface area contributed by atoms with Crippen LogP contribution in [-0.2, 0) is 32.7 Å². The number of carbonyl (C=O) groups is 2. The van der Waals surface area contributed by atoms with Crippen molar-refractivity contribution in [3.8, 4) is 0 Å². The summed E-state index contributed by atoms with van der Waals surface area (Å²) in [4.78, 5) is 38.2. The number of esters is 2. The zero-order valence-corrected chi connectivity index (χ0v) is 65.0. The van der Waals surface area contributed by atoms with E-state index in [2.05, 4.69) is 62.5 Å². The van der Waals surface area contributed by atoms with E-state index in [1.807, 2.05) is 21.1 Å². The number of phosphoric ester groups is 1. The molecule has 0 saturated heterocycles. The second kappa shape index (κ2) is 76.2. The van der Waals surface area contributed by atoms with Crippen LogP contribution in [0.25, 0.3) is 0 Å². The number of allylic oxidation sites excluding steroid dienone is 8. The molecule has 0 saturated carbocycles. The van der Waals surface area contributed by atoms with E-state index in [0.29, 0.717) is 17.4 Å². The third-order valence-corrected chi connectivity index (χ3v) is 20.1. The van der Waals surface area contributed by atoms with Gasteiger partial charge in [0.2, 0.25) is 0 Å². The minimum atomic E-state index is -4.64. The van der Waals surface area contributed by atoms with E-state index < -0.39 is 26.5 Å². The lowest BCUT2D eigenvalue weighted by Gasteiger charge is -2.28. The zero-order chi connectivity index (χ0) is 69.0. The van der Waals surface area contributed by atoms with Crippen molar-refractivity contribution in [3.63, 3.8) is 0 Å². The highest BCUT2D eigenvalue weighted by Gasteiger charge is 2.22. The van der Waals surface area contributed by atoms with E-state index in [1.165, 1.54) is 340 Å². The Labute approximate surface area is 592 Å². The number of ether oxygens (including phenoxy) is 2. The number of nitrogens with zero attached hydrogens (tertiary/aromatic N) is 1. The van der Waals surface area contributed by atoms with Crippen molar-refractivity contribution in [1.82, 2.24) is 0 Å². The van der Waals surface area contributed by atoms with Crippen LogP contribution in [-0.4, -0.2) is 70.0 Å². The molecule has 0 spiro atoms. The summed E-state index contributed by atoms with van der Waals surface area (Å²) in [6.07, 6.45) is 101. The molecule has 0 radical (unpaired) electrons. The van der Waals surface area contributed by atoms with Gasteiger partial charge in [-0.25, -0.2) is 0 Å². The van der Waals surface area contributed by atoms with Crippen molar-refractivity contribution >= 4 is 19.8 Å². The molecule has 95 heavy (non-hydrogen) atoms. The third-order valence-electron chi connectivity index (χ3n) is 19.1. The van der Waals surface area contributed by atoms with E-state index in [9.17, 15) is 19.0 Å². The summed E-state index contributed by atoms with van der Waals surface area (Å²) < 4.78 is 34.4. The molecular weight excluding hydrogens is 1190 g/mol. The number of rotatable bonds is 79. The van der Waals surface area contributed by atoms with E-state index in [1.54, 1.807) is 0 Å². The first-order valence-corrected chi connectivity index (χ1v) is 43.3. The molecule has 2 atom stereocenters. The maximum atomic E-state index is 12.9. The lowest BCUT2D eigenvalue weighted by atomic mass is 10.0. The quantitative estimate of drug-likeness (QED) is 0.0195. The van der Waals surface area contributed by atoms with E-state index >= 15 is 0 Å². The largest absolute Gasteiger partial charge is 0.756 e. The molecule has 0 aliphatic carbocycles. The molecule has 0 heterocycles. The summed E-state index contributed by atoms with van der Waals surface area (Å²) in [6.45, 7) is 4.21. The minimum absolute atomic E-state index is 0.0281. The number of carbonyl (C=O) groups excluding carboxylic acids is 2. The normalized spacial score (nSPS) is 13.2. The molecule has 0 aromatic heterocycles. The maximum absolute atomic E-state index is 12.9. The van der Waals surface area contributed by atoms with Crippen molar-refractivity contribution in [3.05, 3.63) is 48.6 Å². The second-order valence-electron chi connectivity index (χ2n) is 29.8. The van der Waals surface area contributed by atoms with Crippen LogP contribution in [0.4, 0.5) is 0 Å². The number of hydrogen-bond donors (Lipinski definition) is 0. The highest BCUT2D eigenvalue weighted by Crippen LogP contribution is 2.38. The van der Waals surface area contributed by atoms with Crippen molar-refractivity contribution in [2.45, 2.75) is 437 Å². The van der Waals surface area contributed by atoms with Gasteiger partial charge in [-0.1, -0.05) is 416 Å². The maximum Gasteiger partial charge on any atom is 0.306 e. The fourth-order valence-corrected chi connectivity index (χ4v) is 13.5. The number of hydrogen-bond acceptors (Lipinski definition) is 8. The Morgan fingerprint density at radius 2 is 0.600 bits per heavy atom. The number of phosphoric acid groups is 1. The summed E-state index contributed by atoms with van der Waals surface area (Å²) in [6, 6.07) is 0. The average molecular weight is 1360 g/mol. The summed E-state index contributed by atoms with van der Waals surface area (Å²) in [5.41, 5.74) is 0. The van der Waals surface area contributed by atoms with Gasteiger partial charge in [-0.15, -0.1) is 0 Å². The Kier molecular flexibility index (Phi) is 74.5. The monoisotopic (exact) mass is 1360 g/mol. The second-order valence-corrected chi connectivity index (χ2v) is 31.2. The van der Waals surface area contributed by atoms with Gasteiger partial charge in [0.15, 0.2) is 6.10 Å². The molecule has 0 fully saturated rings. The van der Waals surface area contributed by atoms with Crippen molar-refractivity contribution < 1.29 is 42.1 Å². The van der Waals surface area contributed by atoms with Crippen LogP contribution in [0.5, 0.6) is 0 Å². The fourth-order valence-electron chi connectivity index (χ4n) is 12.8. The van der Waals surface area contributed by atoms with Gasteiger partial charge in [-0.3, -0.25) is 14.2 Å². The van der Waals surface area contributed by atoms with Crippen LogP contribution in [0.15, 0.2) is 48.6 Å². The first kappa shape index (κ1) is 93.0. The van der Waals surface area contributed by atoms with Gasteiger partial charge in [0, 0.05) is 12.8 Å². The Morgan fingerprint density at radius 3 is 0.895 bits per heavy atom. The van der Waals surface area contributed by atoms with Crippen LogP contribution < -0.4 is 4.89 Å². The average Bonchev–Trinajstić information content (AvgIpc) is 2.29. The number of unbranched alkanes of at least 4 members (excludes halogenated alkanes) is 57. The van der Waals surface area contributed by atoms with Crippen LogP contribution in [0.1, 0.15) is 431 Å². The smallest absolute Gasteiger partial charge is 0.306 e. The van der Waals surface area contributed by atoms with Gasteiger partial charge < -0.3 is 27.9 Å². The molecule has 0 bridgehead atoms. The van der Waals surface area contributed by atoms with Crippen molar-refractivity contribution in [1.29, 1.82) is 0 Å². The SMILES string of the molecule is CC/C=C\C/C=C\C/C=C\C/C=C\CCCCCCCCCCCCCCCCCCCCC(=O)OC(COC(=O)CCCCCCCCCCCCCCCCCCCCCCCCCCCCCCCCCCCCCCCCCC)COP(=O)([O-])OCC[N+](C)(C)C. The predicted octanol–water partition coefficient (Wildman–Crippen LogP) is 27.3. The molecule has 560 valence electrons. The van der Waals surface area contributed by atoms with E-state index in [-0.39, 0.29) is 32.0 Å². The number of quaternary nitrogens is 1. The Bertz CT molecular complexity index is 1740. The summed E-state index contributed by atoms with van der Waals surface area (Å²) >= 11 is 0. The summed E-state index contributed by atoms with van der Waals surface area (Å²) in [5, 5.41) is 0. The molecule has 0 aromatic rings. The molecule has 0 rings (SSSR count). The lowest BCUT2D eigenvalue weighted by Crippen LogP contribution is -2.37. The molecule has 0 aliphatic heterocycles. The Morgan fingerprint density at radius 1 is 0.337 bits per heavy atom. The molecule has 10 heteroatoms. The predicted molar refractivity (Wildman–Crippen MR) is 411 cm³/mol. The van der Waals surface area contributed by atoms with Gasteiger partial charge in [-0.05, 0) is 51.4 Å². The number of likely N-dealkylation sites (N-methyl/N-ethyl adjacent to an activating group) is 1. The van der Waals surface area contributed by atoms with E-state index in [0.717, 1.165) is 57.8 Å². The third kappa shape index (κ3) is 80.8. The molecular formula is C85H162NO8P. The molecule has 0 aromatic carbocycles. The van der Waals surface area contributed by atoms with Crippen molar-refractivity contribution in [2.24, 2.45) is 0 Å². The first-order valence-electron chi connectivity index (χ1n) is 41.8. The van der Waals surface area contributed by atoms with Gasteiger partial charge in [0.05, 0.1) is 27.7 Å². The zero-order valence-electron chi connectivity index (χ0n) is 64.1. The first-order chi connectivity index (χ1) is 46.5. The highest BCUT2D eigenvalue weighted by molar-refractivity contribution is 7.45. The van der Waals surface area contributed by atoms with E-state index in [4.69, 9.17) is 18.5 Å². The Balaban J connectivity index is 3.86. The van der Waals surface area contributed by atoms with Crippen LogP contribution >= 0.6 is 7.82 Å². The van der Waals surface area contributed by atoms with Gasteiger partial charge in [0.25, 0.3) is 7.82 Å². The van der Waals surface area contributed by atoms with Crippen LogP contribution in [0.3, 0.4) is 0 Å². The van der Waals surface area contributed by atoms with Gasteiger partial charge in [-0.2, -0.15) is 0 Å². The molecule has 9 nitrogen and oxygen atoms in total. The van der Waals surface area contributed by atoms with Crippen LogP contribution in [0, 0.1) is 0 Å². The molecule has 0 amide bonds. The van der Waals surface area contributed by atoms with Crippen molar-refractivity contribution in [2.75, 3.05) is 47.5 Å². The highest BCUT2D eigenvalue weighted by atomic mass is 31.2. The topological polar surface area (TPSA) is 111 Å². The van der Waals surface area contributed by atoms with Gasteiger partial charge >= 0.3 is 11.9 Å². The van der Waals surface area contributed by atoms with Gasteiger partial charge in [0.1, 0.15) is 19.8 Å². The lowest BCUT2D eigenvalue weighted by molar-refractivity contribution is -0.870. The standard InChI is InChI=1S/C85H162NO8P/c1-6-8-10-12-14-16-18-20-22-24-26-28-30-32-34-36-38-39-40-41-42-43-44-45-46-48-49-51-53-55-57-59-61-63-65-67-69-71-73-75-77-84(87)91-81-83(82-93-95(89,90)92-80-79-86(3,4)5)94-85(88)78-76-74-72-70-68-66-64-62-60-58-56-54-52-50-47-37-35-33-31-29-27-25-23-21-19-17-15-13-11-9-7-2/h9,11,15,17,21,23,27,29,83H,6-8,10,12-14,16,18-20,22,24-26,28,30-82H2,1-5H3/b11-9-,17-15-,23-21-,29-27-. The van der Waals surface area contributed by atoms with Crippen LogP contribution in [0.2, 0.25) is 0 Å². The minimum Gasteiger partial charge on any atom is -0.756 e. The Hall–Kier alpha value is -2.03. The summed E-state index contributed by atoms with van der Waals surface area (Å²) in [5.74, 6) is -0.809. The molecule has 2 unspecified atom stereocenters. The fraction of sp³-hybridized carbons (Fsp3) is 0.882.